The van der Waals surface area contributed by atoms with E-state index in [-0.39, 0.29) is 0 Å². The highest BCUT2D eigenvalue weighted by molar-refractivity contribution is 9.10. The highest BCUT2D eigenvalue weighted by atomic mass is 79.9. The van der Waals surface area contributed by atoms with Gasteiger partial charge < -0.3 is 20.1 Å². The zero-order valence-corrected chi connectivity index (χ0v) is 14.2. The summed E-state index contributed by atoms with van der Waals surface area (Å²) in [4.78, 5) is 2.37. The number of hydrogen-bond acceptors (Lipinski definition) is 4. The van der Waals surface area contributed by atoms with Crippen LogP contribution in [0.4, 0.5) is 0 Å². The third kappa shape index (κ3) is 6.34. The van der Waals surface area contributed by atoms with Gasteiger partial charge in [0.1, 0.15) is 18.5 Å². The first kappa shape index (κ1) is 16.7. The Hall–Kier alpha value is -0.620. The second kappa shape index (κ2) is 8.73. The summed E-state index contributed by atoms with van der Waals surface area (Å²) in [6, 6.07) is 7.64. The standard InChI is InChI=1S/C16H25BrN2O2/c1-19-8-6-13(7-9-19)10-18-11-15(20)12-21-16-4-2-14(17)3-5-16/h2-5,13,15,18,20H,6-12H2,1H3. The molecule has 21 heavy (non-hydrogen) atoms. The van der Waals surface area contributed by atoms with Crippen LogP contribution in [0.1, 0.15) is 12.8 Å². The molecule has 1 aromatic carbocycles. The number of benzene rings is 1. The molecule has 1 unspecified atom stereocenters. The Morgan fingerprint density at radius 3 is 2.67 bits per heavy atom. The Labute approximate surface area is 135 Å². The average Bonchev–Trinajstić information content (AvgIpc) is 2.49. The molecule has 0 aromatic heterocycles. The Morgan fingerprint density at radius 1 is 1.33 bits per heavy atom. The number of ether oxygens (including phenoxy) is 1. The van der Waals surface area contributed by atoms with E-state index in [4.69, 9.17) is 4.74 Å². The van der Waals surface area contributed by atoms with Crippen LogP contribution >= 0.6 is 15.9 Å². The number of nitrogens with one attached hydrogen (secondary N) is 1. The molecule has 4 nitrogen and oxygen atoms in total. The van der Waals surface area contributed by atoms with Gasteiger partial charge >= 0.3 is 0 Å². The van der Waals surface area contributed by atoms with Crippen molar-refractivity contribution >= 4 is 15.9 Å². The molecule has 0 amide bonds. The lowest BCUT2D eigenvalue weighted by Gasteiger charge is -2.29. The van der Waals surface area contributed by atoms with Crippen molar-refractivity contribution < 1.29 is 9.84 Å². The molecule has 1 aliphatic heterocycles. The van der Waals surface area contributed by atoms with Gasteiger partial charge in [0.25, 0.3) is 0 Å². The fourth-order valence-electron chi connectivity index (χ4n) is 2.50. The lowest BCUT2D eigenvalue weighted by Crippen LogP contribution is -2.38. The molecular weight excluding hydrogens is 332 g/mol. The minimum absolute atomic E-state index is 0.321. The van der Waals surface area contributed by atoms with E-state index in [1.54, 1.807) is 0 Å². The molecule has 1 aliphatic rings. The quantitative estimate of drug-likeness (QED) is 0.785. The van der Waals surface area contributed by atoms with Crippen molar-refractivity contribution in [3.63, 3.8) is 0 Å². The van der Waals surface area contributed by atoms with Gasteiger partial charge in [-0.1, -0.05) is 15.9 Å². The molecule has 2 N–H and O–H groups in total. The van der Waals surface area contributed by atoms with Crippen molar-refractivity contribution in [3.8, 4) is 5.75 Å². The summed E-state index contributed by atoms with van der Waals surface area (Å²) in [5.74, 6) is 1.52. The number of aliphatic hydroxyl groups is 1. The van der Waals surface area contributed by atoms with Gasteiger partial charge in [-0.3, -0.25) is 0 Å². The normalized spacial score (nSPS) is 18.6. The van der Waals surface area contributed by atoms with Crippen molar-refractivity contribution in [1.29, 1.82) is 0 Å². The molecule has 1 fully saturated rings. The van der Waals surface area contributed by atoms with E-state index >= 15 is 0 Å². The van der Waals surface area contributed by atoms with Crippen LogP contribution in [0.5, 0.6) is 5.75 Å². The predicted molar refractivity (Wildman–Crippen MR) is 88.7 cm³/mol. The van der Waals surface area contributed by atoms with E-state index in [0.29, 0.717) is 13.2 Å². The van der Waals surface area contributed by atoms with E-state index in [0.717, 1.165) is 22.7 Å². The second-order valence-electron chi connectivity index (χ2n) is 5.82. The fourth-order valence-corrected chi connectivity index (χ4v) is 2.77. The molecule has 0 saturated carbocycles. The third-order valence-corrected chi connectivity index (χ3v) is 4.44. The Bertz CT molecular complexity index is 405. The number of piperidine rings is 1. The van der Waals surface area contributed by atoms with E-state index in [9.17, 15) is 5.11 Å². The molecule has 0 radical (unpaired) electrons. The van der Waals surface area contributed by atoms with Gasteiger partial charge in [0.05, 0.1) is 0 Å². The molecule has 1 heterocycles. The summed E-state index contributed by atoms with van der Waals surface area (Å²) in [5, 5.41) is 13.3. The zero-order valence-electron chi connectivity index (χ0n) is 12.6. The fraction of sp³-hybridized carbons (Fsp3) is 0.625. The Balaban J connectivity index is 1.57. The van der Waals surface area contributed by atoms with Crippen LogP contribution in [0.3, 0.4) is 0 Å². The maximum Gasteiger partial charge on any atom is 0.119 e. The summed E-state index contributed by atoms with van der Waals surface area (Å²) in [7, 11) is 2.17. The lowest BCUT2D eigenvalue weighted by molar-refractivity contribution is 0.104. The molecule has 0 aliphatic carbocycles. The maximum absolute atomic E-state index is 9.93. The third-order valence-electron chi connectivity index (χ3n) is 3.91. The summed E-state index contributed by atoms with van der Waals surface area (Å²) in [6.07, 6.45) is 2.02. The number of rotatable bonds is 7. The van der Waals surface area contributed by atoms with Crippen LogP contribution in [0, 0.1) is 5.92 Å². The average molecular weight is 357 g/mol. The molecule has 118 valence electrons. The van der Waals surface area contributed by atoms with Crippen molar-refractivity contribution in [2.75, 3.05) is 39.8 Å². The van der Waals surface area contributed by atoms with Crippen LogP contribution in [-0.4, -0.2) is 55.9 Å². The Kier molecular flexibility index (Phi) is 6.96. The number of aliphatic hydroxyl groups excluding tert-OH is 1. The highest BCUT2D eigenvalue weighted by Crippen LogP contribution is 2.16. The van der Waals surface area contributed by atoms with Crippen LogP contribution in [-0.2, 0) is 0 Å². The number of nitrogens with zero attached hydrogens (tertiary/aromatic N) is 1. The maximum atomic E-state index is 9.93. The van der Waals surface area contributed by atoms with Crippen molar-refractivity contribution in [2.45, 2.75) is 18.9 Å². The Morgan fingerprint density at radius 2 is 2.00 bits per heavy atom. The molecule has 1 aromatic rings. The van der Waals surface area contributed by atoms with Gasteiger partial charge in [0.2, 0.25) is 0 Å². The first-order valence-corrected chi connectivity index (χ1v) is 8.38. The molecule has 1 saturated heterocycles. The van der Waals surface area contributed by atoms with E-state index in [1.165, 1.54) is 25.9 Å². The van der Waals surface area contributed by atoms with Gasteiger partial charge in [-0.2, -0.15) is 0 Å². The summed E-state index contributed by atoms with van der Waals surface area (Å²) < 4.78 is 6.59. The largest absolute Gasteiger partial charge is 0.491 e. The zero-order chi connectivity index (χ0) is 15.1. The second-order valence-corrected chi connectivity index (χ2v) is 6.74. The van der Waals surface area contributed by atoms with E-state index < -0.39 is 6.10 Å². The first-order valence-electron chi connectivity index (χ1n) is 7.59. The molecule has 5 heteroatoms. The summed E-state index contributed by atoms with van der Waals surface area (Å²) in [5.41, 5.74) is 0. The SMILES string of the molecule is CN1CCC(CNCC(O)COc2ccc(Br)cc2)CC1. The van der Waals surface area contributed by atoms with E-state index in [1.807, 2.05) is 24.3 Å². The van der Waals surface area contributed by atoms with Crippen LogP contribution in [0.2, 0.25) is 0 Å². The topological polar surface area (TPSA) is 44.7 Å². The number of hydrogen-bond donors (Lipinski definition) is 2. The van der Waals surface area contributed by atoms with Gasteiger partial charge in [-0.25, -0.2) is 0 Å². The van der Waals surface area contributed by atoms with Gasteiger partial charge in [-0.05, 0) is 69.7 Å². The van der Waals surface area contributed by atoms with E-state index in [2.05, 4.69) is 33.2 Å². The van der Waals surface area contributed by atoms with Crippen LogP contribution in [0.15, 0.2) is 28.7 Å². The lowest BCUT2D eigenvalue weighted by atomic mass is 9.97. The minimum Gasteiger partial charge on any atom is -0.491 e. The molecule has 0 spiro atoms. The summed E-state index contributed by atoms with van der Waals surface area (Å²) in [6.45, 7) is 4.26. The highest BCUT2D eigenvalue weighted by Gasteiger charge is 2.16. The number of likely N-dealkylation sites (tertiary alicyclic amines) is 1. The van der Waals surface area contributed by atoms with Crippen molar-refractivity contribution in [2.24, 2.45) is 5.92 Å². The molecule has 2 rings (SSSR count). The first-order chi connectivity index (χ1) is 10.1. The smallest absolute Gasteiger partial charge is 0.119 e. The minimum atomic E-state index is -0.472. The van der Waals surface area contributed by atoms with Crippen molar-refractivity contribution in [1.82, 2.24) is 10.2 Å². The summed E-state index contributed by atoms with van der Waals surface area (Å²) >= 11 is 3.38. The van der Waals surface area contributed by atoms with Crippen LogP contribution < -0.4 is 10.1 Å². The predicted octanol–water partition coefficient (Wildman–Crippen LogP) is 2.12. The van der Waals surface area contributed by atoms with Gasteiger partial charge in [-0.15, -0.1) is 0 Å². The van der Waals surface area contributed by atoms with Gasteiger partial charge in [0, 0.05) is 11.0 Å². The van der Waals surface area contributed by atoms with Crippen LogP contribution in [0.25, 0.3) is 0 Å². The molecule has 1 atom stereocenters. The monoisotopic (exact) mass is 356 g/mol. The molecule has 0 bridgehead atoms. The van der Waals surface area contributed by atoms with Gasteiger partial charge in [0.15, 0.2) is 0 Å². The molecular formula is C16H25BrN2O2. The number of halogens is 1. The van der Waals surface area contributed by atoms with Crippen molar-refractivity contribution in [3.05, 3.63) is 28.7 Å².